The Morgan fingerprint density at radius 1 is 1.04 bits per heavy atom. The first-order chi connectivity index (χ1) is 10.7. The van der Waals surface area contributed by atoms with Crippen molar-refractivity contribution >= 4 is 24.8 Å². The largest absolute Gasteiger partial charge is 0.493 e. The van der Waals surface area contributed by atoms with E-state index in [0.717, 1.165) is 38.3 Å². The zero-order valence-corrected chi connectivity index (χ0v) is 16.3. The van der Waals surface area contributed by atoms with Gasteiger partial charge in [-0.3, -0.25) is 4.90 Å². The summed E-state index contributed by atoms with van der Waals surface area (Å²) in [5.41, 5.74) is 1.15. The molecular formula is C16H28Cl2N2O4. The first-order valence-corrected chi connectivity index (χ1v) is 7.45. The van der Waals surface area contributed by atoms with Crippen molar-refractivity contribution in [2.24, 2.45) is 0 Å². The highest BCUT2D eigenvalue weighted by molar-refractivity contribution is 5.85. The Morgan fingerprint density at radius 3 is 2.17 bits per heavy atom. The van der Waals surface area contributed by atoms with Gasteiger partial charge in [0.05, 0.1) is 27.9 Å². The molecular weight excluding hydrogens is 355 g/mol. The third kappa shape index (κ3) is 5.86. The summed E-state index contributed by atoms with van der Waals surface area (Å²) < 4.78 is 21.4. The molecule has 24 heavy (non-hydrogen) atoms. The molecule has 0 aliphatic carbocycles. The molecule has 0 saturated carbocycles. The third-order valence-electron chi connectivity index (χ3n) is 3.84. The first kappa shape index (κ1) is 23.1. The minimum Gasteiger partial charge on any atom is -0.493 e. The summed E-state index contributed by atoms with van der Waals surface area (Å²) in [6.07, 6.45) is 0. The second kappa shape index (κ2) is 11.6. The lowest BCUT2D eigenvalue weighted by molar-refractivity contribution is 0.112. The molecule has 1 aromatic rings. The number of ether oxygens (including phenoxy) is 4. The number of benzene rings is 1. The van der Waals surface area contributed by atoms with Crippen molar-refractivity contribution < 1.29 is 18.9 Å². The number of piperazine rings is 1. The van der Waals surface area contributed by atoms with Gasteiger partial charge in [0.2, 0.25) is 5.75 Å². The summed E-state index contributed by atoms with van der Waals surface area (Å²) in [5, 5.41) is 3.46. The lowest BCUT2D eigenvalue weighted by atomic mass is 10.1. The fourth-order valence-corrected chi connectivity index (χ4v) is 2.84. The lowest BCUT2D eigenvalue weighted by Gasteiger charge is -2.33. The van der Waals surface area contributed by atoms with Crippen molar-refractivity contribution in [1.29, 1.82) is 0 Å². The molecule has 0 spiro atoms. The van der Waals surface area contributed by atoms with E-state index in [1.807, 2.05) is 12.1 Å². The molecule has 2 rings (SSSR count). The van der Waals surface area contributed by atoms with Crippen molar-refractivity contribution in [3.8, 4) is 17.2 Å². The fraction of sp³-hybridized carbons (Fsp3) is 0.625. The lowest BCUT2D eigenvalue weighted by Crippen LogP contribution is -2.52. The number of hydrogen-bond donors (Lipinski definition) is 1. The zero-order chi connectivity index (χ0) is 15.9. The Labute approximate surface area is 156 Å². The van der Waals surface area contributed by atoms with Crippen LogP contribution >= 0.6 is 24.8 Å². The average Bonchev–Trinajstić information content (AvgIpc) is 2.54. The van der Waals surface area contributed by atoms with E-state index in [4.69, 9.17) is 18.9 Å². The van der Waals surface area contributed by atoms with Gasteiger partial charge in [-0.05, 0) is 17.7 Å². The molecule has 6 nitrogen and oxygen atoms in total. The molecule has 140 valence electrons. The quantitative estimate of drug-likeness (QED) is 0.777. The Bertz CT molecular complexity index is 464. The Kier molecular flexibility index (Phi) is 11.2. The van der Waals surface area contributed by atoms with E-state index in [0.29, 0.717) is 23.3 Å². The van der Waals surface area contributed by atoms with E-state index in [9.17, 15) is 0 Å². The SMILES string of the molecule is COCC1CN(Cc2cc(OC)c(OC)c(OC)c2)CCN1.Cl.Cl. The Morgan fingerprint density at radius 2 is 1.67 bits per heavy atom. The molecule has 0 radical (unpaired) electrons. The molecule has 1 unspecified atom stereocenters. The van der Waals surface area contributed by atoms with Crippen molar-refractivity contribution in [3.05, 3.63) is 17.7 Å². The van der Waals surface area contributed by atoms with Gasteiger partial charge in [-0.25, -0.2) is 0 Å². The Balaban J connectivity index is 0.00000264. The summed E-state index contributed by atoms with van der Waals surface area (Å²) in [4.78, 5) is 2.40. The topological polar surface area (TPSA) is 52.2 Å². The number of halogens is 2. The normalized spacial score (nSPS) is 17.4. The minimum absolute atomic E-state index is 0. The van der Waals surface area contributed by atoms with Crippen molar-refractivity contribution in [3.63, 3.8) is 0 Å². The van der Waals surface area contributed by atoms with Gasteiger partial charge in [0, 0.05) is 39.3 Å². The molecule has 1 saturated heterocycles. The monoisotopic (exact) mass is 382 g/mol. The third-order valence-corrected chi connectivity index (χ3v) is 3.84. The minimum atomic E-state index is 0. The van der Waals surface area contributed by atoms with Crippen LogP contribution < -0.4 is 19.5 Å². The van der Waals surface area contributed by atoms with Gasteiger partial charge >= 0.3 is 0 Å². The van der Waals surface area contributed by atoms with Crippen molar-refractivity contribution in [2.45, 2.75) is 12.6 Å². The van der Waals surface area contributed by atoms with Gasteiger partial charge in [-0.15, -0.1) is 24.8 Å². The number of nitrogens with zero attached hydrogens (tertiary/aromatic N) is 1. The van der Waals surface area contributed by atoms with Gasteiger partial charge in [0.25, 0.3) is 0 Å². The molecule has 1 aliphatic rings. The van der Waals surface area contributed by atoms with Crippen LogP contribution in [0.25, 0.3) is 0 Å². The maximum Gasteiger partial charge on any atom is 0.203 e. The van der Waals surface area contributed by atoms with Gasteiger partial charge in [0.1, 0.15) is 0 Å². The molecule has 1 aliphatic heterocycles. The molecule has 0 bridgehead atoms. The summed E-state index contributed by atoms with van der Waals surface area (Å²) >= 11 is 0. The second-order valence-electron chi connectivity index (χ2n) is 5.38. The van der Waals surface area contributed by atoms with Crippen LogP contribution in [0, 0.1) is 0 Å². The standard InChI is InChI=1S/C16H26N2O4.2ClH/c1-19-11-13-10-18(6-5-17-13)9-12-7-14(20-2)16(22-4)15(8-12)21-3;;/h7-8,13,17H,5-6,9-11H2,1-4H3;2*1H. The van der Waals surface area contributed by atoms with E-state index in [1.54, 1.807) is 28.4 Å². The number of nitrogens with one attached hydrogen (secondary N) is 1. The van der Waals surface area contributed by atoms with Crippen LogP contribution in [-0.2, 0) is 11.3 Å². The maximum absolute atomic E-state index is 5.41. The van der Waals surface area contributed by atoms with E-state index in [-0.39, 0.29) is 24.8 Å². The number of rotatable bonds is 7. The molecule has 0 amide bonds. The molecule has 0 aromatic heterocycles. The highest BCUT2D eigenvalue weighted by atomic mass is 35.5. The molecule has 1 atom stereocenters. The predicted octanol–water partition coefficient (Wildman–Crippen LogP) is 1.98. The van der Waals surface area contributed by atoms with Crippen molar-refractivity contribution in [1.82, 2.24) is 10.2 Å². The molecule has 8 heteroatoms. The molecule has 1 aromatic carbocycles. The first-order valence-electron chi connectivity index (χ1n) is 7.45. The zero-order valence-electron chi connectivity index (χ0n) is 14.7. The molecule has 1 N–H and O–H groups in total. The van der Waals surface area contributed by atoms with Gasteiger partial charge < -0.3 is 24.3 Å². The summed E-state index contributed by atoms with van der Waals surface area (Å²) in [6, 6.07) is 4.39. The van der Waals surface area contributed by atoms with Crippen LogP contribution in [0.2, 0.25) is 0 Å². The van der Waals surface area contributed by atoms with Crippen LogP contribution in [0.15, 0.2) is 12.1 Å². The van der Waals surface area contributed by atoms with Gasteiger partial charge in [-0.1, -0.05) is 0 Å². The van der Waals surface area contributed by atoms with Crippen LogP contribution in [-0.4, -0.2) is 65.6 Å². The molecule has 1 heterocycles. The van der Waals surface area contributed by atoms with Crippen LogP contribution in [0.3, 0.4) is 0 Å². The maximum atomic E-state index is 5.41. The van der Waals surface area contributed by atoms with Gasteiger partial charge in [0.15, 0.2) is 11.5 Å². The highest BCUT2D eigenvalue weighted by Crippen LogP contribution is 2.38. The summed E-state index contributed by atoms with van der Waals surface area (Å²) in [6.45, 7) is 4.52. The van der Waals surface area contributed by atoms with E-state index >= 15 is 0 Å². The predicted molar refractivity (Wildman–Crippen MR) is 99.5 cm³/mol. The second-order valence-corrected chi connectivity index (χ2v) is 5.38. The average molecular weight is 383 g/mol. The van der Waals surface area contributed by atoms with E-state index in [2.05, 4.69) is 10.2 Å². The van der Waals surface area contributed by atoms with Crippen LogP contribution in [0.4, 0.5) is 0 Å². The van der Waals surface area contributed by atoms with E-state index in [1.165, 1.54) is 0 Å². The smallest absolute Gasteiger partial charge is 0.203 e. The van der Waals surface area contributed by atoms with Gasteiger partial charge in [-0.2, -0.15) is 0 Å². The fourth-order valence-electron chi connectivity index (χ4n) is 2.84. The van der Waals surface area contributed by atoms with Crippen LogP contribution in [0.1, 0.15) is 5.56 Å². The van der Waals surface area contributed by atoms with Crippen molar-refractivity contribution in [2.75, 3.05) is 54.7 Å². The number of methoxy groups -OCH3 is 4. The summed E-state index contributed by atoms with van der Waals surface area (Å²) in [7, 11) is 6.63. The Hall–Kier alpha value is -0.920. The summed E-state index contributed by atoms with van der Waals surface area (Å²) in [5.74, 6) is 2.02. The molecule has 1 fully saturated rings. The number of hydrogen-bond acceptors (Lipinski definition) is 6. The van der Waals surface area contributed by atoms with E-state index < -0.39 is 0 Å². The van der Waals surface area contributed by atoms with Crippen LogP contribution in [0.5, 0.6) is 17.2 Å². The highest BCUT2D eigenvalue weighted by Gasteiger charge is 2.20.